The SMILES string of the molecule is BrNBr.OCC(O)C(O)C(O)C(O)CO. The molecule has 0 aliphatic rings. The summed E-state index contributed by atoms with van der Waals surface area (Å²) < 4.78 is 2.38. The molecule has 0 heterocycles. The van der Waals surface area contributed by atoms with Crippen molar-refractivity contribution in [2.45, 2.75) is 24.4 Å². The highest BCUT2D eigenvalue weighted by Gasteiger charge is 2.29. The van der Waals surface area contributed by atoms with Gasteiger partial charge in [-0.05, 0) is 0 Å². The van der Waals surface area contributed by atoms with E-state index in [1.807, 2.05) is 0 Å². The molecule has 9 heteroatoms. The first-order valence-corrected chi connectivity index (χ1v) is 5.45. The molecule has 0 radical (unpaired) electrons. The van der Waals surface area contributed by atoms with E-state index in [2.05, 4.69) is 35.7 Å². The molecule has 7 N–H and O–H groups in total. The molecule has 94 valence electrons. The van der Waals surface area contributed by atoms with Crippen LogP contribution >= 0.6 is 32.3 Å². The second kappa shape index (κ2) is 11.2. The third-order valence-electron chi connectivity index (χ3n) is 1.51. The molecule has 0 saturated carbocycles. The lowest BCUT2D eigenvalue weighted by Crippen LogP contribution is -2.46. The van der Waals surface area contributed by atoms with Gasteiger partial charge in [0, 0.05) is 32.3 Å². The molecule has 15 heavy (non-hydrogen) atoms. The van der Waals surface area contributed by atoms with Crippen molar-refractivity contribution in [3.63, 3.8) is 0 Å². The molecule has 0 fully saturated rings. The van der Waals surface area contributed by atoms with Crippen molar-refractivity contribution in [3.8, 4) is 0 Å². The Morgan fingerprint density at radius 3 is 1.13 bits per heavy atom. The molecule has 0 aliphatic carbocycles. The molecule has 0 aliphatic heterocycles. The summed E-state index contributed by atoms with van der Waals surface area (Å²) in [5.74, 6) is 0. The fraction of sp³-hybridized carbons (Fsp3) is 1.00. The summed E-state index contributed by atoms with van der Waals surface area (Å²) in [5.41, 5.74) is 0. The number of nitrogens with one attached hydrogen (secondary N) is 1. The van der Waals surface area contributed by atoms with Crippen LogP contribution in [0, 0.1) is 0 Å². The quantitative estimate of drug-likeness (QED) is 0.273. The number of hydrogen-bond donors (Lipinski definition) is 7. The van der Waals surface area contributed by atoms with Gasteiger partial charge in [0.1, 0.15) is 24.4 Å². The van der Waals surface area contributed by atoms with Crippen LogP contribution < -0.4 is 3.37 Å². The molecule has 4 unspecified atom stereocenters. The highest BCUT2D eigenvalue weighted by molar-refractivity contribution is 9.21. The van der Waals surface area contributed by atoms with Crippen LogP contribution in [-0.2, 0) is 0 Å². The molecule has 0 aromatic heterocycles. The highest BCUT2D eigenvalue weighted by Crippen LogP contribution is 2.03. The van der Waals surface area contributed by atoms with Crippen LogP contribution in [0.4, 0.5) is 0 Å². The highest BCUT2D eigenvalue weighted by atomic mass is 79.9. The van der Waals surface area contributed by atoms with E-state index in [0.717, 1.165) is 0 Å². The van der Waals surface area contributed by atoms with E-state index in [1.165, 1.54) is 0 Å². The van der Waals surface area contributed by atoms with Crippen molar-refractivity contribution in [1.82, 2.24) is 3.37 Å². The lowest BCUT2D eigenvalue weighted by atomic mass is 10.0. The Balaban J connectivity index is 0. The Morgan fingerprint density at radius 1 is 0.800 bits per heavy atom. The zero-order valence-electron chi connectivity index (χ0n) is 7.66. The summed E-state index contributed by atoms with van der Waals surface area (Å²) in [6.45, 7) is -1.45. The maximum atomic E-state index is 8.96. The molecule has 0 spiro atoms. The van der Waals surface area contributed by atoms with Crippen LogP contribution in [0.3, 0.4) is 0 Å². The topological polar surface area (TPSA) is 133 Å². The van der Waals surface area contributed by atoms with E-state index < -0.39 is 37.6 Å². The Hall–Kier alpha value is 0.680. The average Bonchev–Trinajstić information content (AvgIpc) is 2.25. The standard InChI is InChI=1S/C6H14O6.Br2HN/c7-1-3(9)5(11)6(12)4(10)2-8;1-3-2/h3-12H,1-2H2;3H. The van der Waals surface area contributed by atoms with Gasteiger partial charge >= 0.3 is 0 Å². The lowest BCUT2D eigenvalue weighted by molar-refractivity contribution is -0.123. The number of aliphatic hydroxyl groups excluding tert-OH is 6. The van der Waals surface area contributed by atoms with E-state index in [0.29, 0.717) is 0 Å². The van der Waals surface area contributed by atoms with Gasteiger partial charge in [-0.2, -0.15) is 3.37 Å². The molecule has 4 atom stereocenters. The first-order chi connectivity index (χ1) is 6.95. The average molecular weight is 357 g/mol. The Labute approximate surface area is 104 Å². The largest absolute Gasteiger partial charge is 0.394 e. The minimum absolute atomic E-state index is 0.726. The van der Waals surface area contributed by atoms with Crippen LogP contribution in [-0.4, -0.2) is 68.3 Å². The summed E-state index contributed by atoms with van der Waals surface area (Å²) in [7, 11) is 0. The zero-order valence-corrected chi connectivity index (χ0v) is 10.8. The molecule has 0 saturated heterocycles. The Kier molecular flexibility index (Phi) is 13.5. The summed E-state index contributed by atoms with van der Waals surface area (Å²) in [5, 5.41) is 52.2. The first kappa shape index (κ1) is 18.1. The minimum atomic E-state index is -1.67. The van der Waals surface area contributed by atoms with Crippen LogP contribution in [0.25, 0.3) is 0 Å². The molecule has 0 rings (SSSR count). The molecule has 7 nitrogen and oxygen atoms in total. The lowest BCUT2D eigenvalue weighted by Gasteiger charge is -2.24. The van der Waals surface area contributed by atoms with Crippen LogP contribution in [0.2, 0.25) is 0 Å². The van der Waals surface area contributed by atoms with Gasteiger partial charge in [0.05, 0.1) is 13.2 Å². The second-order valence-corrected chi connectivity index (χ2v) is 4.41. The van der Waals surface area contributed by atoms with E-state index in [1.54, 1.807) is 0 Å². The van der Waals surface area contributed by atoms with E-state index in [-0.39, 0.29) is 0 Å². The number of hydrogen-bond acceptors (Lipinski definition) is 7. The van der Waals surface area contributed by atoms with Gasteiger partial charge in [0.25, 0.3) is 0 Å². The van der Waals surface area contributed by atoms with Gasteiger partial charge in [-0.25, -0.2) is 0 Å². The summed E-state index contributed by atoms with van der Waals surface area (Å²) in [4.78, 5) is 0. The van der Waals surface area contributed by atoms with Crippen LogP contribution in [0.5, 0.6) is 0 Å². The van der Waals surface area contributed by atoms with Gasteiger partial charge in [0.15, 0.2) is 0 Å². The first-order valence-electron chi connectivity index (χ1n) is 3.86. The number of aliphatic hydroxyl groups is 6. The smallest absolute Gasteiger partial charge is 0.111 e. The van der Waals surface area contributed by atoms with E-state index >= 15 is 0 Å². The van der Waals surface area contributed by atoms with Gasteiger partial charge < -0.3 is 30.6 Å². The van der Waals surface area contributed by atoms with Crippen molar-refractivity contribution in [2.75, 3.05) is 13.2 Å². The molecule has 0 aromatic carbocycles. The van der Waals surface area contributed by atoms with Gasteiger partial charge in [-0.15, -0.1) is 0 Å². The summed E-state index contributed by atoms with van der Waals surface area (Å²) >= 11 is 5.62. The third kappa shape index (κ3) is 8.48. The maximum Gasteiger partial charge on any atom is 0.111 e. The predicted octanol–water partition coefficient (Wildman–Crippen LogP) is -2.39. The van der Waals surface area contributed by atoms with Crippen molar-refractivity contribution >= 4 is 32.3 Å². The Bertz CT molecular complexity index is 129. The monoisotopic (exact) mass is 355 g/mol. The summed E-state index contributed by atoms with van der Waals surface area (Å²) in [6.07, 6.45) is -6.39. The van der Waals surface area contributed by atoms with Gasteiger partial charge in [-0.1, -0.05) is 0 Å². The minimum Gasteiger partial charge on any atom is -0.394 e. The van der Waals surface area contributed by atoms with E-state index in [9.17, 15) is 0 Å². The summed E-state index contributed by atoms with van der Waals surface area (Å²) in [6, 6.07) is 0. The number of halogens is 2. The van der Waals surface area contributed by atoms with Crippen LogP contribution in [0.1, 0.15) is 0 Å². The fourth-order valence-corrected chi connectivity index (χ4v) is 0.671. The molecular weight excluding hydrogens is 342 g/mol. The molecule has 0 bridgehead atoms. The molecule has 0 aromatic rings. The zero-order chi connectivity index (χ0) is 12.4. The normalized spacial score (nSPS) is 18.4. The van der Waals surface area contributed by atoms with E-state index in [4.69, 9.17) is 30.6 Å². The van der Waals surface area contributed by atoms with Crippen LogP contribution in [0.15, 0.2) is 0 Å². The van der Waals surface area contributed by atoms with Crippen molar-refractivity contribution < 1.29 is 30.6 Å². The number of rotatable bonds is 5. The van der Waals surface area contributed by atoms with Crippen molar-refractivity contribution in [1.29, 1.82) is 0 Å². The second-order valence-electron chi connectivity index (χ2n) is 2.55. The maximum absolute atomic E-state index is 8.96. The Morgan fingerprint density at radius 2 is 1.00 bits per heavy atom. The predicted molar refractivity (Wildman–Crippen MR) is 59.2 cm³/mol. The molecular formula is C6H15Br2NO6. The molecule has 0 amide bonds. The van der Waals surface area contributed by atoms with Crippen molar-refractivity contribution in [2.24, 2.45) is 0 Å². The van der Waals surface area contributed by atoms with Crippen molar-refractivity contribution in [3.05, 3.63) is 0 Å². The van der Waals surface area contributed by atoms with Gasteiger partial charge in [0.2, 0.25) is 0 Å². The fourth-order valence-electron chi connectivity index (χ4n) is 0.671. The third-order valence-corrected chi connectivity index (χ3v) is 1.51. The van der Waals surface area contributed by atoms with Gasteiger partial charge in [-0.3, -0.25) is 0 Å².